The molecule has 0 aromatic carbocycles. The molecule has 3 rings (SSSR count). The van der Waals surface area contributed by atoms with Gasteiger partial charge in [0.2, 0.25) is 11.8 Å². The van der Waals surface area contributed by atoms with Crippen molar-refractivity contribution in [3.63, 3.8) is 0 Å². The third-order valence-corrected chi connectivity index (χ3v) is 3.90. The smallest absolute Gasteiger partial charge is 0.227 e. The van der Waals surface area contributed by atoms with Gasteiger partial charge in [-0.15, -0.1) is 11.3 Å². The van der Waals surface area contributed by atoms with Crippen LogP contribution in [-0.4, -0.2) is 16.6 Å². The summed E-state index contributed by atoms with van der Waals surface area (Å²) >= 11 is 1.62. The normalized spacial score (nSPS) is 15.4. The number of rotatable bonds is 4. The third-order valence-electron chi connectivity index (χ3n) is 2.96. The van der Waals surface area contributed by atoms with Gasteiger partial charge in [0, 0.05) is 4.88 Å². The zero-order valence-electron chi connectivity index (χ0n) is 9.77. The summed E-state index contributed by atoms with van der Waals surface area (Å²) in [6.45, 7) is 2.78. The zero-order valence-corrected chi connectivity index (χ0v) is 10.6. The van der Waals surface area contributed by atoms with Crippen LogP contribution in [0.1, 0.15) is 24.1 Å². The van der Waals surface area contributed by atoms with Crippen molar-refractivity contribution in [3.05, 3.63) is 10.9 Å². The van der Waals surface area contributed by atoms with Crippen LogP contribution in [0.4, 0.5) is 5.95 Å². The van der Waals surface area contributed by atoms with Crippen molar-refractivity contribution in [1.82, 2.24) is 9.97 Å². The molecule has 1 saturated carbocycles. The zero-order chi connectivity index (χ0) is 11.8. The van der Waals surface area contributed by atoms with Gasteiger partial charge in [0.15, 0.2) is 0 Å². The van der Waals surface area contributed by atoms with Gasteiger partial charge in [0.25, 0.3) is 0 Å². The first kappa shape index (κ1) is 10.8. The van der Waals surface area contributed by atoms with Crippen LogP contribution in [0.25, 0.3) is 10.2 Å². The van der Waals surface area contributed by atoms with Crippen LogP contribution in [0.3, 0.4) is 0 Å². The predicted octanol–water partition coefficient (Wildman–Crippen LogP) is 2.76. The van der Waals surface area contributed by atoms with Crippen LogP contribution in [0.2, 0.25) is 0 Å². The molecule has 1 aliphatic carbocycles. The quantitative estimate of drug-likeness (QED) is 0.905. The summed E-state index contributed by atoms with van der Waals surface area (Å²) in [5.74, 6) is 1.80. The van der Waals surface area contributed by atoms with Gasteiger partial charge >= 0.3 is 0 Å². The van der Waals surface area contributed by atoms with Crippen LogP contribution < -0.4 is 10.5 Å². The highest BCUT2D eigenvalue weighted by atomic mass is 32.1. The summed E-state index contributed by atoms with van der Waals surface area (Å²) in [5.41, 5.74) is 5.68. The maximum Gasteiger partial charge on any atom is 0.227 e. The van der Waals surface area contributed by atoms with Crippen LogP contribution in [0.15, 0.2) is 6.07 Å². The van der Waals surface area contributed by atoms with Gasteiger partial charge in [-0.3, -0.25) is 0 Å². The molecule has 1 aliphatic rings. The van der Waals surface area contributed by atoms with Crippen LogP contribution in [-0.2, 0) is 0 Å². The second kappa shape index (κ2) is 4.14. The second-order valence-electron chi connectivity index (χ2n) is 4.54. The largest absolute Gasteiger partial charge is 0.477 e. The summed E-state index contributed by atoms with van der Waals surface area (Å²) in [5, 5.41) is 0.984. The van der Waals surface area contributed by atoms with Crippen molar-refractivity contribution in [3.8, 4) is 5.88 Å². The Balaban J connectivity index is 1.84. The van der Waals surface area contributed by atoms with E-state index in [1.807, 2.05) is 0 Å². The number of hydrogen-bond donors (Lipinski definition) is 1. The number of ether oxygens (including phenoxy) is 1. The maximum absolute atomic E-state index is 5.74. The maximum atomic E-state index is 5.74. The Labute approximate surface area is 104 Å². The molecule has 2 heterocycles. The van der Waals surface area contributed by atoms with Crippen molar-refractivity contribution in [2.24, 2.45) is 5.92 Å². The summed E-state index contributed by atoms with van der Waals surface area (Å²) < 4.78 is 5.74. The lowest BCUT2D eigenvalue weighted by Gasteiger charge is -2.06. The van der Waals surface area contributed by atoms with Gasteiger partial charge in [0.05, 0.1) is 12.0 Å². The molecule has 17 heavy (non-hydrogen) atoms. The minimum Gasteiger partial charge on any atom is -0.477 e. The molecule has 0 aliphatic heterocycles. The fraction of sp³-hybridized carbons (Fsp3) is 0.500. The number of aromatic nitrogens is 2. The molecule has 0 atom stereocenters. The molecule has 2 N–H and O–H groups in total. The number of nitrogens with two attached hydrogens (primary N) is 1. The fourth-order valence-corrected chi connectivity index (χ4v) is 2.75. The molecule has 5 heteroatoms. The Morgan fingerprint density at radius 2 is 2.29 bits per heavy atom. The molecule has 1 fully saturated rings. The minimum atomic E-state index is 0.292. The third kappa shape index (κ3) is 2.34. The highest BCUT2D eigenvalue weighted by molar-refractivity contribution is 7.18. The van der Waals surface area contributed by atoms with E-state index in [1.165, 1.54) is 17.7 Å². The van der Waals surface area contributed by atoms with Gasteiger partial charge in [-0.25, -0.2) is 4.98 Å². The van der Waals surface area contributed by atoms with E-state index >= 15 is 0 Å². The van der Waals surface area contributed by atoms with E-state index in [4.69, 9.17) is 10.5 Å². The standard InChI is InChI=1S/C12H15N3OS/c1-7-6-9-10(16-5-4-8-2-3-8)14-12(13)15-11(9)17-7/h6,8H,2-5H2,1H3,(H2,13,14,15). The van der Waals surface area contributed by atoms with Crippen molar-refractivity contribution in [1.29, 1.82) is 0 Å². The van der Waals surface area contributed by atoms with E-state index in [-0.39, 0.29) is 0 Å². The number of aryl methyl sites for hydroxylation is 1. The minimum absolute atomic E-state index is 0.292. The predicted molar refractivity (Wildman–Crippen MR) is 69.4 cm³/mol. The highest BCUT2D eigenvalue weighted by Crippen LogP contribution is 2.33. The lowest BCUT2D eigenvalue weighted by molar-refractivity contribution is 0.295. The number of anilines is 1. The Hall–Kier alpha value is -1.36. The summed E-state index contributed by atoms with van der Waals surface area (Å²) in [7, 11) is 0. The number of nitrogen functional groups attached to an aromatic ring is 1. The average molecular weight is 249 g/mol. The van der Waals surface area contributed by atoms with Crippen molar-refractivity contribution in [2.45, 2.75) is 26.2 Å². The SMILES string of the molecule is Cc1cc2c(OCCC3CC3)nc(N)nc2s1. The molecule has 2 aromatic heterocycles. The molecule has 0 radical (unpaired) electrons. The Morgan fingerprint density at radius 1 is 1.47 bits per heavy atom. The molecular weight excluding hydrogens is 234 g/mol. The number of nitrogens with zero attached hydrogens (tertiary/aromatic N) is 2. The molecule has 0 saturated heterocycles. The van der Waals surface area contributed by atoms with Gasteiger partial charge in [-0.2, -0.15) is 4.98 Å². The molecule has 0 unspecified atom stereocenters. The topological polar surface area (TPSA) is 61.0 Å². The van der Waals surface area contributed by atoms with E-state index in [9.17, 15) is 0 Å². The molecule has 0 bridgehead atoms. The molecule has 0 spiro atoms. The van der Waals surface area contributed by atoms with Crippen LogP contribution in [0, 0.1) is 12.8 Å². The lowest BCUT2D eigenvalue weighted by atomic mass is 10.3. The van der Waals surface area contributed by atoms with Crippen molar-refractivity contribution < 1.29 is 4.74 Å². The Kier molecular flexibility index (Phi) is 2.63. The molecule has 90 valence electrons. The van der Waals surface area contributed by atoms with Crippen LogP contribution >= 0.6 is 11.3 Å². The molecule has 2 aromatic rings. The van der Waals surface area contributed by atoms with E-state index in [1.54, 1.807) is 11.3 Å². The van der Waals surface area contributed by atoms with E-state index in [0.717, 1.165) is 29.2 Å². The number of hydrogen-bond acceptors (Lipinski definition) is 5. The van der Waals surface area contributed by atoms with Gasteiger partial charge in [-0.1, -0.05) is 12.8 Å². The van der Waals surface area contributed by atoms with Gasteiger partial charge < -0.3 is 10.5 Å². The number of thiophene rings is 1. The summed E-state index contributed by atoms with van der Waals surface area (Å²) in [6.07, 6.45) is 3.82. The highest BCUT2D eigenvalue weighted by Gasteiger charge is 2.21. The van der Waals surface area contributed by atoms with Crippen molar-refractivity contribution >= 4 is 27.5 Å². The Bertz CT molecular complexity index is 548. The summed E-state index contributed by atoms with van der Waals surface area (Å²) in [4.78, 5) is 10.5. The first-order valence-electron chi connectivity index (χ1n) is 5.89. The first-order chi connectivity index (χ1) is 8.22. The number of fused-ring (bicyclic) bond motifs is 1. The molecule has 0 amide bonds. The van der Waals surface area contributed by atoms with E-state index < -0.39 is 0 Å². The summed E-state index contributed by atoms with van der Waals surface area (Å²) in [6, 6.07) is 2.06. The first-order valence-corrected chi connectivity index (χ1v) is 6.70. The monoisotopic (exact) mass is 249 g/mol. The lowest BCUT2D eigenvalue weighted by Crippen LogP contribution is -2.03. The fourth-order valence-electron chi connectivity index (χ4n) is 1.87. The van der Waals surface area contributed by atoms with E-state index in [2.05, 4.69) is 23.0 Å². The van der Waals surface area contributed by atoms with Crippen molar-refractivity contribution in [2.75, 3.05) is 12.3 Å². The van der Waals surface area contributed by atoms with Gasteiger partial charge in [0.1, 0.15) is 4.83 Å². The van der Waals surface area contributed by atoms with Gasteiger partial charge in [-0.05, 0) is 25.3 Å². The molecule has 4 nitrogen and oxygen atoms in total. The molecular formula is C12H15N3OS. The van der Waals surface area contributed by atoms with E-state index in [0.29, 0.717) is 11.8 Å². The second-order valence-corrected chi connectivity index (χ2v) is 5.78. The average Bonchev–Trinajstić information content (AvgIpc) is 3.00. The Morgan fingerprint density at radius 3 is 3.06 bits per heavy atom. The van der Waals surface area contributed by atoms with Crippen LogP contribution in [0.5, 0.6) is 5.88 Å².